The Morgan fingerprint density at radius 3 is 2.60 bits per heavy atom. The molecule has 108 valence electrons. The molecule has 1 fully saturated rings. The molecule has 6 heteroatoms. The van der Waals surface area contributed by atoms with Crippen LogP contribution < -0.4 is 5.73 Å². The van der Waals surface area contributed by atoms with Crippen LogP contribution in [0.5, 0.6) is 0 Å². The van der Waals surface area contributed by atoms with Gasteiger partial charge >= 0.3 is 5.97 Å². The molecular weight excluding hydrogens is 266 g/mol. The van der Waals surface area contributed by atoms with E-state index in [9.17, 15) is 13.6 Å². The molecule has 2 N–H and O–H groups in total. The van der Waals surface area contributed by atoms with Crippen LogP contribution in [0.4, 0.5) is 8.78 Å². The molecule has 0 saturated heterocycles. The van der Waals surface area contributed by atoms with Crippen LogP contribution in [0.1, 0.15) is 30.4 Å². The molecule has 1 atom stereocenters. The average molecular weight is 282 g/mol. The second-order valence-electron chi connectivity index (χ2n) is 5.05. The van der Waals surface area contributed by atoms with Crippen molar-refractivity contribution < 1.29 is 18.4 Å². The number of rotatable bonds is 3. The van der Waals surface area contributed by atoms with E-state index >= 15 is 0 Å². The van der Waals surface area contributed by atoms with E-state index < -0.39 is 24.2 Å². The molecular formula is C14H16F2N2O2. The lowest BCUT2D eigenvalue weighted by Gasteiger charge is -2.08. The highest BCUT2D eigenvalue weighted by atomic mass is 19.3. The first-order valence-electron chi connectivity index (χ1n) is 6.36. The molecule has 0 aromatic heterocycles. The normalized spacial score (nSPS) is 21.8. The van der Waals surface area contributed by atoms with E-state index in [1.807, 2.05) is 19.1 Å². The molecule has 1 aromatic carbocycles. The van der Waals surface area contributed by atoms with Crippen LogP contribution in [0.2, 0.25) is 0 Å². The molecule has 20 heavy (non-hydrogen) atoms. The summed E-state index contributed by atoms with van der Waals surface area (Å²) in [7, 11) is 0. The van der Waals surface area contributed by atoms with Crippen molar-refractivity contribution in [2.75, 3.05) is 0 Å². The van der Waals surface area contributed by atoms with E-state index in [1.165, 1.54) is 0 Å². The lowest BCUT2D eigenvalue weighted by Crippen LogP contribution is -2.19. The van der Waals surface area contributed by atoms with E-state index in [4.69, 9.17) is 5.73 Å². The molecule has 0 aliphatic heterocycles. The first-order chi connectivity index (χ1) is 9.37. The number of nitrogens with zero attached hydrogens (tertiary/aromatic N) is 1. The Labute approximate surface area is 115 Å². The van der Waals surface area contributed by atoms with Gasteiger partial charge in [0.05, 0.1) is 5.92 Å². The third-order valence-corrected chi connectivity index (χ3v) is 3.32. The molecule has 4 nitrogen and oxygen atoms in total. The summed E-state index contributed by atoms with van der Waals surface area (Å²) in [5.41, 5.74) is 7.34. The third-order valence-electron chi connectivity index (χ3n) is 3.32. The van der Waals surface area contributed by atoms with Gasteiger partial charge in [0.1, 0.15) is 0 Å². The summed E-state index contributed by atoms with van der Waals surface area (Å²) in [6.07, 6.45) is -0.651. The van der Waals surface area contributed by atoms with E-state index in [0.717, 1.165) is 5.56 Å². The maximum atomic E-state index is 13.0. The van der Waals surface area contributed by atoms with Gasteiger partial charge in [-0.1, -0.05) is 35.0 Å². The molecule has 1 aromatic rings. The minimum Gasteiger partial charge on any atom is -0.380 e. The maximum Gasteiger partial charge on any atom is 0.338 e. The predicted molar refractivity (Wildman–Crippen MR) is 70.3 cm³/mol. The van der Waals surface area contributed by atoms with Gasteiger partial charge in [0.25, 0.3) is 0 Å². The van der Waals surface area contributed by atoms with Crippen molar-refractivity contribution in [2.24, 2.45) is 16.8 Å². The third kappa shape index (κ3) is 3.53. The number of halogens is 2. The van der Waals surface area contributed by atoms with Crippen molar-refractivity contribution in [3.8, 4) is 0 Å². The average Bonchev–Trinajstić information content (AvgIpc) is 2.77. The molecule has 0 amide bonds. The van der Waals surface area contributed by atoms with Crippen molar-refractivity contribution in [3.63, 3.8) is 0 Å². The Balaban J connectivity index is 1.95. The van der Waals surface area contributed by atoms with Crippen LogP contribution in [0.15, 0.2) is 29.4 Å². The number of carbonyl (C=O) groups is 1. The van der Waals surface area contributed by atoms with Crippen molar-refractivity contribution in [1.29, 1.82) is 0 Å². The van der Waals surface area contributed by atoms with E-state index in [2.05, 4.69) is 9.99 Å². The van der Waals surface area contributed by atoms with Gasteiger partial charge in [0, 0.05) is 18.4 Å². The fraction of sp³-hybridized carbons (Fsp3) is 0.429. The zero-order valence-corrected chi connectivity index (χ0v) is 11.1. The molecule has 1 aliphatic rings. The lowest BCUT2D eigenvalue weighted by atomic mass is 10.1. The Morgan fingerprint density at radius 2 is 2.05 bits per heavy atom. The zero-order chi connectivity index (χ0) is 14.8. The highest BCUT2D eigenvalue weighted by molar-refractivity contribution is 5.97. The molecule has 0 spiro atoms. The fourth-order valence-electron chi connectivity index (χ4n) is 2.10. The van der Waals surface area contributed by atoms with Crippen LogP contribution in [0, 0.1) is 12.8 Å². The monoisotopic (exact) mass is 282 g/mol. The number of alkyl halides is 2. The lowest BCUT2D eigenvalue weighted by molar-refractivity contribution is -0.149. The zero-order valence-electron chi connectivity index (χ0n) is 11.1. The van der Waals surface area contributed by atoms with Crippen molar-refractivity contribution >= 4 is 11.8 Å². The Hall–Kier alpha value is -1.98. The minimum atomic E-state index is -2.78. The topological polar surface area (TPSA) is 64.7 Å². The second-order valence-corrected chi connectivity index (χ2v) is 5.05. The van der Waals surface area contributed by atoms with Crippen LogP contribution in [-0.2, 0) is 9.63 Å². The number of carbonyl (C=O) groups excluding carboxylic acids is 1. The largest absolute Gasteiger partial charge is 0.380 e. The molecule has 2 rings (SSSR count). The molecule has 0 bridgehead atoms. The highest BCUT2D eigenvalue weighted by Crippen LogP contribution is 2.39. The highest BCUT2D eigenvalue weighted by Gasteiger charge is 2.43. The summed E-state index contributed by atoms with van der Waals surface area (Å²) in [5, 5.41) is 3.52. The van der Waals surface area contributed by atoms with E-state index in [0.29, 0.717) is 5.56 Å². The fourth-order valence-corrected chi connectivity index (χ4v) is 2.10. The minimum absolute atomic E-state index is 0.0445. The number of hydrogen-bond acceptors (Lipinski definition) is 3. The summed E-state index contributed by atoms with van der Waals surface area (Å²) < 4.78 is 26.0. The summed E-state index contributed by atoms with van der Waals surface area (Å²) >= 11 is 0. The van der Waals surface area contributed by atoms with Gasteiger partial charge in [-0.2, -0.15) is 0 Å². The summed E-state index contributed by atoms with van der Waals surface area (Å²) in [6.45, 7) is 1.93. The van der Waals surface area contributed by atoms with Gasteiger partial charge in [0.15, 0.2) is 5.84 Å². The molecule has 1 saturated carbocycles. The summed E-state index contributed by atoms with van der Waals surface area (Å²) in [6, 6.07) is 7.17. The van der Waals surface area contributed by atoms with Crippen molar-refractivity contribution in [2.45, 2.75) is 32.1 Å². The smallest absolute Gasteiger partial charge is 0.338 e. The second kappa shape index (κ2) is 5.56. The van der Waals surface area contributed by atoms with Crippen LogP contribution in [-0.4, -0.2) is 17.7 Å². The number of nitrogens with two attached hydrogens (primary N) is 1. The number of oxime groups is 1. The van der Waals surface area contributed by atoms with E-state index in [1.54, 1.807) is 12.1 Å². The molecule has 0 radical (unpaired) electrons. The predicted octanol–water partition coefficient (Wildman–Crippen LogP) is 2.59. The van der Waals surface area contributed by atoms with Gasteiger partial charge in [-0.15, -0.1) is 0 Å². The molecule has 1 aliphatic carbocycles. The van der Waals surface area contributed by atoms with Gasteiger partial charge in [-0.3, -0.25) is 0 Å². The van der Waals surface area contributed by atoms with Gasteiger partial charge < -0.3 is 10.6 Å². The summed E-state index contributed by atoms with van der Waals surface area (Å²) in [4.78, 5) is 16.3. The van der Waals surface area contributed by atoms with Gasteiger partial charge in [-0.05, 0) is 13.3 Å². The number of benzene rings is 1. The van der Waals surface area contributed by atoms with Crippen LogP contribution in [0.25, 0.3) is 0 Å². The summed E-state index contributed by atoms with van der Waals surface area (Å²) in [5.74, 6) is -4.30. The first kappa shape index (κ1) is 14.4. The molecule has 1 unspecified atom stereocenters. The number of aryl methyl sites for hydroxylation is 1. The first-order valence-corrected chi connectivity index (χ1v) is 6.36. The van der Waals surface area contributed by atoms with Crippen LogP contribution in [0.3, 0.4) is 0 Å². The number of amidine groups is 1. The number of hydrogen-bond donors (Lipinski definition) is 1. The van der Waals surface area contributed by atoms with Gasteiger partial charge in [-0.25, -0.2) is 13.6 Å². The van der Waals surface area contributed by atoms with Crippen molar-refractivity contribution in [1.82, 2.24) is 0 Å². The quantitative estimate of drug-likeness (QED) is 0.401. The standard InChI is InChI=1S/C14H16F2N2O2/c1-9-2-4-10(5-3-9)12(17)18-20-13(19)11-6-7-14(15,16)8-11/h2-5,11H,6-8H2,1H3,(H2,17,18). The molecule has 0 heterocycles. The van der Waals surface area contributed by atoms with E-state index in [-0.39, 0.29) is 18.7 Å². The maximum absolute atomic E-state index is 13.0. The Morgan fingerprint density at radius 1 is 1.40 bits per heavy atom. The van der Waals surface area contributed by atoms with Crippen LogP contribution >= 0.6 is 0 Å². The Kier molecular flexibility index (Phi) is 4.01. The SMILES string of the molecule is Cc1ccc(/C(N)=N/OC(=O)C2CCC(F)(F)C2)cc1. The Bertz CT molecular complexity index is 526. The van der Waals surface area contributed by atoms with Gasteiger partial charge in [0.2, 0.25) is 5.92 Å². The van der Waals surface area contributed by atoms with Crippen molar-refractivity contribution in [3.05, 3.63) is 35.4 Å².